The highest BCUT2D eigenvalue weighted by molar-refractivity contribution is 6.31. The van der Waals surface area contributed by atoms with Crippen LogP contribution in [0, 0.1) is 5.82 Å². The largest absolute Gasteiger partial charge is 0.393 e. The van der Waals surface area contributed by atoms with E-state index in [2.05, 4.69) is 5.32 Å². The number of aliphatic hydroxyl groups excluding tert-OH is 1. The lowest BCUT2D eigenvalue weighted by molar-refractivity contribution is -0.00473. The minimum absolute atomic E-state index is 0.167. The number of amides is 2. The van der Waals surface area contributed by atoms with Crippen LogP contribution in [0.3, 0.4) is 0 Å². The van der Waals surface area contributed by atoms with Crippen molar-refractivity contribution in [2.24, 2.45) is 0 Å². The van der Waals surface area contributed by atoms with Gasteiger partial charge in [0, 0.05) is 11.6 Å². The summed E-state index contributed by atoms with van der Waals surface area (Å²) in [7, 11) is 0. The second-order valence-corrected chi connectivity index (χ2v) is 6.25. The third kappa shape index (κ3) is 4.80. The van der Waals surface area contributed by atoms with Crippen LogP contribution in [0.5, 0.6) is 0 Å². The van der Waals surface area contributed by atoms with Gasteiger partial charge >= 0.3 is 6.03 Å². The number of aliphatic hydroxyl groups is 1. The molecular weight excluding hydrogens is 323 g/mol. The topological polar surface area (TPSA) is 61.8 Å². The molecule has 1 heterocycles. The zero-order chi connectivity index (χ0) is 17.0. The second-order valence-electron chi connectivity index (χ2n) is 5.84. The normalized spacial score (nSPS) is 20.9. The molecule has 2 rings (SSSR count). The summed E-state index contributed by atoms with van der Waals surface area (Å²) in [5.41, 5.74) is 0.654. The van der Waals surface area contributed by atoms with E-state index in [0.717, 1.165) is 0 Å². The SMILES string of the molecule is C[C@H](O)C[C@@H]1COCCN1C(=O)N[C@@H](C)c1ccc(F)cc1Cl. The molecule has 128 valence electrons. The van der Waals surface area contributed by atoms with Gasteiger partial charge in [0.15, 0.2) is 0 Å². The fourth-order valence-electron chi connectivity index (χ4n) is 2.71. The van der Waals surface area contributed by atoms with E-state index in [1.165, 1.54) is 12.1 Å². The smallest absolute Gasteiger partial charge is 0.318 e. The highest BCUT2D eigenvalue weighted by Crippen LogP contribution is 2.24. The number of carbonyl (C=O) groups is 1. The first-order valence-corrected chi connectivity index (χ1v) is 8.04. The van der Waals surface area contributed by atoms with Crippen LogP contribution in [-0.4, -0.2) is 47.9 Å². The first kappa shape index (κ1) is 18.0. The van der Waals surface area contributed by atoms with Crippen LogP contribution in [0.4, 0.5) is 9.18 Å². The van der Waals surface area contributed by atoms with E-state index in [1.54, 1.807) is 24.8 Å². The average Bonchev–Trinajstić information content (AvgIpc) is 2.46. The lowest BCUT2D eigenvalue weighted by Crippen LogP contribution is -2.53. The first-order chi connectivity index (χ1) is 10.9. The Hall–Kier alpha value is -1.37. The highest BCUT2D eigenvalue weighted by Gasteiger charge is 2.29. The number of benzene rings is 1. The van der Waals surface area contributed by atoms with Crippen molar-refractivity contribution < 1.29 is 19.0 Å². The predicted molar refractivity (Wildman–Crippen MR) is 86.0 cm³/mol. The molecule has 1 aromatic carbocycles. The Morgan fingerprint density at radius 3 is 2.96 bits per heavy atom. The van der Waals surface area contributed by atoms with Gasteiger partial charge in [-0.2, -0.15) is 0 Å². The van der Waals surface area contributed by atoms with Crippen LogP contribution in [0.15, 0.2) is 18.2 Å². The molecule has 0 radical (unpaired) electrons. The molecule has 0 unspecified atom stereocenters. The predicted octanol–water partition coefficient (Wildman–Crippen LogP) is 2.72. The van der Waals surface area contributed by atoms with Crippen molar-refractivity contribution in [1.29, 1.82) is 0 Å². The summed E-state index contributed by atoms with van der Waals surface area (Å²) in [4.78, 5) is 14.2. The Bertz CT molecular complexity index is 556. The van der Waals surface area contributed by atoms with Gasteiger partial charge in [-0.05, 0) is 38.0 Å². The van der Waals surface area contributed by atoms with Gasteiger partial charge in [-0.15, -0.1) is 0 Å². The number of hydrogen-bond donors (Lipinski definition) is 2. The first-order valence-electron chi connectivity index (χ1n) is 7.66. The van der Waals surface area contributed by atoms with Crippen LogP contribution in [0.1, 0.15) is 31.9 Å². The molecule has 0 bridgehead atoms. The summed E-state index contributed by atoms with van der Waals surface area (Å²) < 4.78 is 18.5. The van der Waals surface area contributed by atoms with Crippen molar-refractivity contribution in [3.63, 3.8) is 0 Å². The fraction of sp³-hybridized carbons (Fsp3) is 0.562. The van der Waals surface area contributed by atoms with Gasteiger partial charge in [0.05, 0.1) is 31.4 Å². The van der Waals surface area contributed by atoms with Gasteiger partial charge in [-0.3, -0.25) is 0 Å². The molecule has 3 atom stereocenters. The van der Waals surface area contributed by atoms with Crippen molar-refractivity contribution >= 4 is 17.6 Å². The number of nitrogens with one attached hydrogen (secondary N) is 1. The van der Waals surface area contributed by atoms with E-state index in [9.17, 15) is 14.3 Å². The molecule has 1 aromatic rings. The third-order valence-electron chi connectivity index (χ3n) is 3.87. The van der Waals surface area contributed by atoms with E-state index in [0.29, 0.717) is 31.7 Å². The molecule has 1 aliphatic rings. The summed E-state index contributed by atoms with van der Waals surface area (Å²) in [6.45, 7) is 4.82. The molecule has 2 N–H and O–H groups in total. The lowest BCUT2D eigenvalue weighted by atomic mass is 10.1. The summed E-state index contributed by atoms with van der Waals surface area (Å²) in [5.74, 6) is -0.414. The van der Waals surface area contributed by atoms with Crippen LogP contribution < -0.4 is 5.32 Å². The van der Waals surface area contributed by atoms with Crippen molar-refractivity contribution in [3.05, 3.63) is 34.6 Å². The van der Waals surface area contributed by atoms with Gasteiger partial charge in [0.2, 0.25) is 0 Å². The van der Waals surface area contributed by atoms with Crippen molar-refractivity contribution in [2.75, 3.05) is 19.8 Å². The van der Waals surface area contributed by atoms with E-state index in [1.807, 2.05) is 0 Å². The van der Waals surface area contributed by atoms with E-state index >= 15 is 0 Å². The molecule has 7 heteroatoms. The van der Waals surface area contributed by atoms with Gasteiger partial charge in [-0.25, -0.2) is 9.18 Å². The van der Waals surface area contributed by atoms with Crippen molar-refractivity contribution in [2.45, 2.75) is 38.5 Å². The zero-order valence-electron chi connectivity index (χ0n) is 13.3. The molecule has 23 heavy (non-hydrogen) atoms. The van der Waals surface area contributed by atoms with Gasteiger partial charge in [-0.1, -0.05) is 17.7 Å². The number of nitrogens with zero attached hydrogens (tertiary/aromatic N) is 1. The quantitative estimate of drug-likeness (QED) is 0.882. The number of morpholine rings is 1. The number of ether oxygens (including phenoxy) is 1. The maximum Gasteiger partial charge on any atom is 0.318 e. The molecule has 0 saturated carbocycles. The van der Waals surface area contributed by atoms with E-state index < -0.39 is 11.9 Å². The zero-order valence-corrected chi connectivity index (χ0v) is 14.0. The fourth-order valence-corrected chi connectivity index (χ4v) is 3.04. The minimum Gasteiger partial charge on any atom is -0.393 e. The molecule has 0 aliphatic carbocycles. The molecule has 1 fully saturated rings. The van der Waals surface area contributed by atoms with Crippen LogP contribution in [0.25, 0.3) is 0 Å². The maximum absolute atomic E-state index is 13.1. The van der Waals surface area contributed by atoms with Crippen molar-refractivity contribution in [1.82, 2.24) is 10.2 Å². The average molecular weight is 345 g/mol. The van der Waals surface area contributed by atoms with E-state index in [4.69, 9.17) is 16.3 Å². The van der Waals surface area contributed by atoms with Crippen LogP contribution in [-0.2, 0) is 4.74 Å². The molecule has 0 aromatic heterocycles. The third-order valence-corrected chi connectivity index (χ3v) is 4.20. The van der Waals surface area contributed by atoms with Gasteiger partial charge < -0.3 is 20.1 Å². The van der Waals surface area contributed by atoms with Crippen LogP contribution >= 0.6 is 11.6 Å². The molecule has 1 saturated heterocycles. The standard InChI is InChI=1S/C16H22ClFN2O3/c1-10(21)7-13-9-23-6-5-20(13)16(22)19-11(2)14-4-3-12(18)8-15(14)17/h3-4,8,10-11,13,21H,5-7,9H2,1-2H3,(H,19,22)/t10-,11-,13+/m0/s1. The Balaban J connectivity index is 2.04. The number of hydrogen-bond acceptors (Lipinski definition) is 3. The number of urea groups is 1. The summed E-state index contributed by atoms with van der Waals surface area (Å²) in [5, 5.41) is 12.7. The van der Waals surface area contributed by atoms with Crippen molar-refractivity contribution in [3.8, 4) is 0 Å². The number of rotatable bonds is 4. The lowest BCUT2D eigenvalue weighted by Gasteiger charge is -2.37. The molecule has 0 spiro atoms. The Morgan fingerprint density at radius 2 is 2.30 bits per heavy atom. The Morgan fingerprint density at radius 1 is 1.57 bits per heavy atom. The Labute approximate surface area is 140 Å². The minimum atomic E-state index is -0.513. The van der Waals surface area contributed by atoms with Crippen LogP contribution in [0.2, 0.25) is 5.02 Å². The number of halogens is 2. The number of carbonyl (C=O) groups excluding carboxylic acids is 1. The monoisotopic (exact) mass is 344 g/mol. The highest BCUT2D eigenvalue weighted by atomic mass is 35.5. The van der Waals surface area contributed by atoms with Gasteiger partial charge in [0.25, 0.3) is 0 Å². The summed E-state index contributed by atoms with van der Waals surface area (Å²) in [6, 6.07) is 3.34. The molecule has 5 nitrogen and oxygen atoms in total. The summed E-state index contributed by atoms with van der Waals surface area (Å²) in [6.07, 6.45) is -0.0555. The molecule has 1 aliphatic heterocycles. The molecule has 2 amide bonds. The Kier molecular flexibility index (Phi) is 6.21. The van der Waals surface area contributed by atoms with Gasteiger partial charge in [0.1, 0.15) is 5.82 Å². The van der Waals surface area contributed by atoms with E-state index in [-0.39, 0.29) is 23.1 Å². The second kappa shape index (κ2) is 7.95. The maximum atomic E-state index is 13.1. The molecular formula is C16H22ClFN2O3. The summed E-state index contributed by atoms with van der Waals surface area (Å²) >= 11 is 6.03.